The summed E-state index contributed by atoms with van der Waals surface area (Å²) >= 11 is 0. The van der Waals surface area contributed by atoms with E-state index in [9.17, 15) is 14.4 Å². The summed E-state index contributed by atoms with van der Waals surface area (Å²) in [5.41, 5.74) is 1.42. The summed E-state index contributed by atoms with van der Waals surface area (Å²) in [6, 6.07) is 8.56. The van der Waals surface area contributed by atoms with Crippen LogP contribution in [0.3, 0.4) is 0 Å². The molecule has 2 heterocycles. The number of benzene rings is 2. The zero-order valence-corrected chi connectivity index (χ0v) is 13.9. The third kappa shape index (κ3) is 2.14. The molecule has 0 saturated heterocycles. The molecule has 25 heavy (non-hydrogen) atoms. The Labute approximate surface area is 143 Å². The van der Waals surface area contributed by atoms with Gasteiger partial charge in [-0.05, 0) is 24.6 Å². The smallest absolute Gasteiger partial charge is 0.287 e. The van der Waals surface area contributed by atoms with Crippen LogP contribution in [0.15, 0.2) is 34.7 Å². The number of hydrogen-bond donors (Lipinski definition) is 1. The second kappa shape index (κ2) is 5.44. The van der Waals surface area contributed by atoms with E-state index in [1.165, 1.54) is 7.05 Å². The fourth-order valence-corrected chi connectivity index (χ4v) is 3.22. The Morgan fingerprint density at radius 2 is 1.92 bits per heavy atom. The van der Waals surface area contributed by atoms with Crippen LogP contribution in [0.4, 0.5) is 0 Å². The summed E-state index contributed by atoms with van der Waals surface area (Å²) in [7, 11) is 1.47. The molecule has 1 aliphatic heterocycles. The molecule has 126 valence electrons. The van der Waals surface area contributed by atoms with Crippen molar-refractivity contribution in [1.29, 1.82) is 0 Å². The van der Waals surface area contributed by atoms with Crippen molar-refractivity contribution in [3.63, 3.8) is 0 Å². The number of fused-ring (bicyclic) bond motifs is 2. The lowest BCUT2D eigenvalue weighted by molar-refractivity contribution is 0.0650. The maximum absolute atomic E-state index is 12.5. The van der Waals surface area contributed by atoms with Crippen LogP contribution in [0.2, 0.25) is 0 Å². The van der Waals surface area contributed by atoms with Crippen LogP contribution < -0.4 is 5.32 Å². The monoisotopic (exact) mass is 336 g/mol. The molecule has 1 aliphatic rings. The van der Waals surface area contributed by atoms with Crippen LogP contribution in [-0.4, -0.2) is 36.2 Å². The van der Waals surface area contributed by atoms with Gasteiger partial charge in [0, 0.05) is 40.9 Å². The topological polar surface area (TPSA) is 79.6 Å². The Morgan fingerprint density at radius 3 is 2.68 bits per heavy atom. The van der Waals surface area contributed by atoms with Crippen molar-refractivity contribution in [3.05, 3.63) is 47.2 Å². The Hall–Kier alpha value is -3.15. The molecule has 0 fully saturated rings. The Balaban J connectivity index is 1.99. The van der Waals surface area contributed by atoms with Gasteiger partial charge in [-0.1, -0.05) is 19.1 Å². The first-order chi connectivity index (χ1) is 12.0. The number of rotatable bonds is 3. The van der Waals surface area contributed by atoms with E-state index in [0.29, 0.717) is 39.4 Å². The van der Waals surface area contributed by atoms with E-state index >= 15 is 0 Å². The number of hydrogen-bond acceptors (Lipinski definition) is 4. The standard InChI is InChI=1S/C19H16N2O4/c1-3-7-20-17(22)14-9-10-8-13-15-11(16(10)25-14)5-4-6-12(15)18(23)21(2)19(13)24/h4-6,8-9H,3,7H2,1-2H3,(H,20,22). The van der Waals surface area contributed by atoms with Crippen molar-refractivity contribution >= 4 is 39.5 Å². The molecule has 2 aromatic carbocycles. The van der Waals surface area contributed by atoms with Crippen molar-refractivity contribution in [3.8, 4) is 0 Å². The molecule has 0 atom stereocenters. The molecule has 1 N–H and O–H groups in total. The van der Waals surface area contributed by atoms with E-state index in [4.69, 9.17) is 4.42 Å². The fourth-order valence-electron chi connectivity index (χ4n) is 3.22. The van der Waals surface area contributed by atoms with Crippen molar-refractivity contribution in [1.82, 2.24) is 10.2 Å². The summed E-state index contributed by atoms with van der Waals surface area (Å²) in [4.78, 5) is 38.2. The van der Waals surface area contributed by atoms with Gasteiger partial charge in [-0.15, -0.1) is 0 Å². The molecule has 1 aromatic heterocycles. The molecule has 4 rings (SSSR count). The largest absolute Gasteiger partial charge is 0.450 e. The number of carbonyl (C=O) groups is 3. The zero-order valence-electron chi connectivity index (χ0n) is 13.9. The van der Waals surface area contributed by atoms with Crippen molar-refractivity contribution < 1.29 is 18.8 Å². The van der Waals surface area contributed by atoms with Crippen LogP contribution in [0.5, 0.6) is 0 Å². The first kappa shape index (κ1) is 15.4. The van der Waals surface area contributed by atoms with Crippen LogP contribution in [0.25, 0.3) is 21.7 Å². The summed E-state index contributed by atoms with van der Waals surface area (Å²) < 4.78 is 5.77. The second-order valence-electron chi connectivity index (χ2n) is 6.11. The molecule has 3 aromatic rings. The maximum Gasteiger partial charge on any atom is 0.287 e. The van der Waals surface area contributed by atoms with Crippen molar-refractivity contribution in [2.75, 3.05) is 13.6 Å². The molecule has 0 unspecified atom stereocenters. The molecule has 0 saturated carbocycles. The SMILES string of the molecule is CCCNC(=O)c1cc2cc3c4c(cccc4c2o1)C(=O)N(C)C3=O. The van der Waals surface area contributed by atoms with Gasteiger partial charge in [-0.3, -0.25) is 19.3 Å². The summed E-state index contributed by atoms with van der Waals surface area (Å²) in [5, 5.41) is 4.68. The average Bonchev–Trinajstić information content (AvgIpc) is 3.06. The van der Waals surface area contributed by atoms with Gasteiger partial charge in [0.1, 0.15) is 5.58 Å². The van der Waals surface area contributed by atoms with Crippen LogP contribution >= 0.6 is 0 Å². The molecular formula is C19H16N2O4. The molecule has 6 heteroatoms. The highest BCUT2D eigenvalue weighted by Crippen LogP contribution is 2.36. The molecule has 3 amide bonds. The van der Waals surface area contributed by atoms with Crippen LogP contribution in [0.1, 0.15) is 44.6 Å². The predicted molar refractivity (Wildman–Crippen MR) is 92.8 cm³/mol. The summed E-state index contributed by atoms with van der Waals surface area (Å²) in [5.74, 6) is -0.791. The molecule has 0 bridgehead atoms. The van der Waals surface area contributed by atoms with E-state index in [1.807, 2.05) is 6.92 Å². The number of amides is 3. The lowest BCUT2D eigenvalue weighted by Crippen LogP contribution is -2.36. The number of carbonyl (C=O) groups excluding carboxylic acids is 3. The number of nitrogens with zero attached hydrogens (tertiary/aromatic N) is 1. The molecular weight excluding hydrogens is 320 g/mol. The highest BCUT2D eigenvalue weighted by atomic mass is 16.3. The highest BCUT2D eigenvalue weighted by molar-refractivity contribution is 6.28. The highest BCUT2D eigenvalue weighted by Gasteiger charge is 2.31. The first-order valence-electron chi connectivity index (χ1n) is 8.12. The molecule has 6 nitrogen and oxygen atoms in total. The lowest BCUT2D eigenvalue weighted by Gasteiger charge is -2.23. The Morgan fingerprint density at radius 1 is 1.16 bits per heavy atom. The van der Waals surface area contributed by atoms with Crippen molar-refractivity contribution in [2.24, 2.45) is 0 Å². The second-order valence-corrected chi connectivity index (χ2v) is 6.11. The van der Waals surface area contributed by atoms with E-state index in [-0.39, 0.29) is 23.5 Å². The lowest BCUT2D eigenvalue weighted by atomic mass is 9.93. The van der Waals surface area contributed by atoms with E-state index in [2.05, 4.69) is 5.32 Å². The summed E-state index contributed by atoms with van der Waals surface area (Å²) in [6.07, 6.45) is 0.825. The Bertz CT molecular complexity index is 1060. The van der Waals surface area contributed by atoms with Gasteiger partial charge in [0.2, 0.25) is 0 Å². The quantitative estimate of drug-likeness (QED) is 0.746. The normalized spacial score (nSPS) is 13.8. The van der Waals surface area contributed by atoms with Gasteiger partial charge < -0.3 is 9.73 Å². The fraction of sp³-hybridized carbons (Fsp3) is 0.211. The summed E-state index contributed by atoms with van der Waals surface area (Å²) in [6.45, 7) is 2.53. The van der Waals surface area contributed by atoms with Gasteiger partial charge in [-0.2, -0.15) is 0 Å². The van der Waals surface area contributed by atoms with Gasteiger partial charge in [0.25, 0.3) is 17.7 Å². The molecule has 0 radical (unpaired) electrons. The van der Waals surface area contributed by atoms with Gasteiger partial charge >= 0.3 is 0 Å². The van der Waals surface area contributed by atoms with E-state index < -0.39 is 0 Å². The van der Waals surface area contributed by atoms with E-state index in [1.54, 1.807) is 30.3 Å². The third-order valence-electron chi connectivity index (χ3n) is 4.47. The molecule has 0 aliphatic carbocycles. The van der Waals surface area contributed by atoms with Crippen molar-refractivity contribution in [2.45, 2.75) is 13.3 Å². The third-order valence-corrected chi connectivity index (χ3v) is 4.47. The van der Waals surface area contributed by atoms with E-state index in [0.717, 1.165) is 11.3 Å². The van der Waals surface area contributed by atoms with Gasteiger partial charge in [0.05, 0.1) is 0 Å². The minimum Gasteiger partial charge on any atom is -0.450 e. The number of nitrogens with one attached hydrogen (secondary N) is 1. The number of imide groups is 1. The first-order valence-corrected chi connectivity index (χ1v) is 8.12. The Kier molecular flexibility index (Phi) is 3.35. The molecule has 0 spiro atoms. The zero-order chi connectivity index (χ0) is 17.7. The average molecular weight is 336 g/mol. The van der Waals surface area contributed by atoms with Gasteiger partial charge in [0.15, 0.2) is 5.76 Å². The predicted octanol–water partition coefficient (Wildman–Crippen LogP) is 2.95. The minimum atomic E-state index is -0.353. The van der Waals surface area contributed by atoms with Crippen LogP contribution in [-0.2, 0) is 0 Å². The van der Waals surface area contributed by atoms with Gasteiger partial charge in [-0.25, -0.2) is 0 Å². The number of furan rings is 1. The minimum absolute atomic E-state index is 0.193. The maximum atomic E-state index is 12.5. The van der Waals surface area contributed by atoms with Crippen LogP contribution in [0, 0.1) is 0 Å².